The Bertz CT molecular complexity index is 897. The van der Waals surface area contributed by atoms with Crippen molar-refractivity contribution in [1.29, 1.82) is 0 Å². The van der Waals surface area contributed by atoms with Crippen molar-refractivity contribution in [2.24, 2.45) is 5.92 Å². The fourth-order valence-corrected chi connectivity index (χ4v) is 3.03. The third kappa shape index (κ3) is 2.92. The van der Waals surface area contributed by atoms with Crippen molar-refractivity contribution < 1.29 is 4.74 Å². The van der Waals surface area contributed by atoms with Gasteiger partial charge in [-0.05, 0) is 35.3 Å². The first-order valence-electron chi connectivity index (χ1n) is 8.09. The fourth-order valence-electron chi connectivity index (χ4n) is 3.03. The molecule has 1 aliphatic heterocycles. The SMILES string of the molecule is O=c1c2ccccc2cnn1Cc1nnnn1CC1CCOCC1. The second kappa shape index (κ2) is 6.48. The highest BCUT2D eigenvalue weighted by Crippen LogP contribution is 2.17. The Hall–Kier alpha value is -2.61. The highest BCUT2D eigenvalue weighted by molar-refractivity contribution is 5.80. The number of hydrogen-bond acceptors (Lipinski definition) is 6. The lowest BCUT2D eigenvalue weighted by Gasteiger charge is -2.21. The molecule has 0 amide bonds. The van der Waals surface area contributed by atoms with Crippen LogP contribution in [-0.4, -0.2) is 43.2 Å². The Labute approximate surface area is 138 Å². The van der Waals surface area contributed by atoms with E-state index in [1.165, 1.54) is 4.68 Å². The van der Waals surface area contributed by atoms with Crippen molar-refractivity contribution in [2.75, 3.05) is 13.2 Å². The Morgan fingerprint density at radius 2 is 2.00 bits per heavy atom. The minimum absolute atomic E-state index is 0.131. The molecule has 8 nitrogen and oxygen atoms in total. The molecule has 0 bridgehead atoms. The summed E-state index contributed by atoms with van der Waals surface area (Å²) in [4.78, 5) is 12.6. The molecule has 3 aromatic rings. The lowest BCUT2D eigenvalue weighted by Crippen LogP contribution is -2.26. The van der Waals surface area contributed by atoms with E-state index in [4.69, 9.17) is 4.74 Å². The molecule has 0 saturated carbocycles. The van der Waals surface area contributed by atoms with Gasteiger partial charge in [0.1, 0.15) is 6.54 Å². The first kappa shape index (κ1) is 14.9. The van der Waals surface area contributed by atoms with Crippen molar-refractivity contribution in [2.45, 2.75) is 25.9 Å². The van der Waals surface area contributed by atoms with E-state index in [0.717, 1.165) is 38.0 Å². The molecule has 1 aliphatic rings. The summed E-state index contributed by atoms with van der Waals surface area (Å²) in [5.41, 5.74) is -0.131. The summed E-state index contributed by atoms with van der Waals surface area (Å²) in [5.74, 6) is 1.15. The van der Waals surface area contributed by atoms with Gasteiger partial charge in [-0.15, -0.1) is 5.10 Å². The maximum Gasteiger partial charge on any atom is 0.275 e. The van der Waals surface area contributed by atoms with Crippen LogP contribution in [0.15, 0.2) is 35.3 Å². The first-order valence-corrected chi connectivity index (χ1v) is 8.09. The van der Waals surface area contributed by atoms with Gasteiger partial charge in [-0.25, -0.2) is 9.36 Å². The summed E-state index contributed by atoms with van der Waals surface area (Å²) < 4.78 is 8.57. The molecule has 0 unspecified atom stereocenters. The van der Waals surface area contributed by atoms with E-state index >= 15 is 0 Å². The summed E-state index contributed by atoms with van der Waals surface area (Å²) in [6.07, 6.45) is 3.71. The summed E-state index contributed by atoms with van der Waals surface area (Å²) >= 11 is 0. The molecule has 124 valence electrons. The molecule has 0 radical (unpaired) electrons. The van der Waals surface area contributed by atoms with E-state index in [1.807, 2.05) is 18.2 Å². The van der Waals surface area contributed by atoms with Crippen LogP contribution in [0.5, 0.6) is 0 Å². The molecule has 1 saturated heterocycles. The van der Waals surface area contributed by atoms with Gasteiger partial charge >= 0.3 is 0 Å². The molecule has 1 aromatic carbocycles. The summed E-state index contributed by atoms with van der Waals surface area (Å²) in [7, 11) is 0. The van der Waals surface area contributed by atoms with E-state index in [0.29, 0.717) is 17.1 Å². The van der Waals surface area contributed by atoms with Gasteiger partial charge in [0.25, 0.3) is 5.56 Å². The van der Waals surface area contributed by atoms with E-state index < -0.39 is 0 Å². The zero-order valence-electron chi connectivity index (χ0n) is 13.2. The normalized spacial score (nSPS) is 15.8. The van der Waals surface area contributed by atoms with Crippen LogP contribution in [0.1, 0.15) is 18.7 Å². The molecule has 0 spiro atoms. The summed E-state index contributed by atoms with van der Waals surface area (Å²) in [6.45, 7) is 2.58. The van der Waals surface area contributed by atoms with Gasteiger partial charge in [0.2, 0.25) is 0 Å². The van der Waals surface area contributed by atoms with Crippen LogP contribution < -0.4 is 5.56 Å². The molecule has 0 atom stereocenters. The quantitative estimate of drug-likeness (QED) is 0.706. The molecule has 8 heteroatoms. The molecule has 0 N–H and O–H groups in total. The predicted molar refractivity (Wildman–Crippen MR) is 86.5 cm³/mol. The second-order valence-electron chi connectivity index (χ2n) is 6.03. The number of fused-ring (bicyclic) bond motifs is 1. The highest BCUT2D eigenvalue weighted by Gasteiger charge is 2.18. The Kier molecular flexibility index (Phi) is 4.04. The lowest BCUT2D eigenvalue weighted by atomic mass is 10.0. The number of tetrazole rings is 1. The standard InChI is InChI=1S/C16H18N6O2/c23-16-14-4-2-1-3-13(14)9-17-22(16)11-15-18-19-20-21(15)10-12-5-7-24-8-6-12/h1-4,9,12H,5-8,10-11H2. The maximum absolute atomic E-state index is 12.6. The molecule has 2 aromatic heterocycles. The predicted octanol–water partition coefficient (Wildman–Crippen LogP) is 0.858. The molecule has 1 fully saturated rings. The van der Waals surface area contributed by atoms with E-state index in [-0.39, 0.29) is 12.1 Å². The largest absolute Gasteiger partial charge is 0.381 e. The summed E-state index contributed by atoms with van der Waals surface area (Å²) in [6, 6.07) is 7.43. The first-order chi connectivity index (χ1) is 11.8. The molecular weight excluding hydrogens is 308 g/mol. The highest BCUT2D eigenvalue weighted by atomic mass is 16.5. The van der Waals surface area contributed by atoms with Crippen molar-refractivity contribution in [3.8, 4) is 0 Å². The molecule has 0 aliphatic carbocycles. The molecule has 4 rings (SSSR count). The molecule has 24 heavy (non-hydrogen) atoms. The fraction of sp³-hybridized carbons (Fsp3) is 0.438. The Morgan fingerprint density at radius 1 is 1.17 bits per heavy atom. The third-order valence-corrected chi connectivity index (χ3v) is 4.43. The Morgan fingerprint density at radius 3 is 2.88 bits per heavy atom. The lowest BCUT2D eigenvalue weighted by molar-refractivity contribution is 0.0596. The van der Waals surface area contributed by atoms with E-state index in [2.05, 4.69) is 20.6 Å². The summed E-state index contributed by atoms with van der Waals surface area (Å²) in [5, 5.41) is 17.6. The van der Waals surface area contributed by atoms with Gasteiger partial charge in [0, 0.05) is 25.1 Å². The van der Waals surface area contributed by atoms with E-state index in [9.17, 15) is 4.79 Å². The number of rotatable bonds is 4. The second-order valence-corrected chi connectivity index (χ2v) is 6.03. The van der Waals surface area contributed by atoms with Crippen molar-refractivity contribution in [3.05, 3.63) is 46.6 Å². The van der Waals surface area contributed by atoms with Gasteiger partial charge in [0.05, 0.1) is 11.6 Å². The van der Waals surface area contributed by atoms with Gasteiger partial charge in [-0.2, -0.15) is 5.10 Å². The van der Waals surface area contributed by atoms with Crippen LogP contribution in [0, 0.1) is 5.92 Å². The van der Waals surface area contributed by atoms with Gasteiger partial charge in [-0.1, -0.05) is 18.2 Å². The average Bonchev–Trinajstić information content (AvgIpc) is 3.05. The Balaban J connectivity index is 1.59. The van der Waals surface area contributed by atoms with Crippen molar-refractivity contribution >= 4 is 10.8 Å². The van der Waals surface area contributed by atoms with Crippen LogP contribution in [0.3, 0.4) is 0 Å². The van der Waals surface area contributed by atoms with Crippen LogP contribution >= 0.6 is 0 Å². The third-order valence-electron chi connectivity index (χ3n) is 4.43. The van der Waals surface area contributed by atoms with Gasteiger partial charge < -0.3 is 4.74 Å². The number of aromatic nitrogens is 6. The molecular formula is C16H18N6O2. The topological polar surface area (TPSA) is 87.7 Å². The van der Waals surface area contributed by atoms with Gasteiger partial charge in [-0.3, -0.25) is 4.79 Å². The van der Waals surface area contributed by atoms with Crippen LogP contribution in [0.2, 0.25) is 0 Å². The average molecular weight is 326 g/mol. The number of nitrogens with zero attached hydrogens (tertiary/aromatic N) is 6. The van der Waals surface area contributed by atoms with E-state index in [1.54, 1.807) is 16.9 Å². The van der Waals surface area contributed by atoms with Gasteiger partial charge in [0.15, 0.2) is 5.82 Å². The zero-order valence-corrected chi connectivity index (χ0v) is 13.2. The zero-order chi connectivity index (χ0) is 16.4. The van der Waals surface area contributed by atoms with Crippen LogP contribution in [0.4, 0.5) is 0 Å². The molecule has 3 heterocycles. The maximum atomic E-state index is 12.6. The smallest absolute Gasteiger partial charge is 0.275 e. The number of hydrogen-bond donors (Lipinski definition) is 0. The van der Waals surface area contributed by atoms with Crippen molar-refractivity contribution in [3.63, 3.8) is 0 Å². The van der Waals surface area contributed by atoms with Crippen molar-refractivity contribution in [1.82, 2.24) is 30.0 Å². The minimum Gasteiger partial charge on any atom is -0.381 e. The monoisotopic (exact) mass is 326 g/mol. The number of ether oxygens (including phenoxy) is 1. The van der Waals surface area contributed by atoms with Crippen LogP contribution in [-0.2, 0) is 17.8 Å². The minimum atomic E-state index is -0.131. The van der Waals surface area contributed by atoms with Crippen LogP contribution in [0.25, 0.3) is 10.8 Å². The number of benzene rings is 1.